The first kappa shape index (κ1) is 11.6. The Balaban J connectivity index is 1.97. The fraction of sp³-hybridized carbons (Fsp3) is 0.833. The van der Waals surface area contributed by atoms with Crippen molar-refractivity contribution in [1.29, 1.82) is 0 Å². The molecule has 1 N–H and O–H groups in total. The molecule has 4 nitrogen and oxygen atoms in total. The minimum Gasteiger partial charge on any atom is -0.312 e. The van der Waals surface area contributed by atoms with Crippen LogP contribution in [0.2, 0.25) is 0 Å². The maximum atomic E-state index is 4.24. The Morgan fingerprint density at radius 3 is 2.81 bits per heavy atom. The SMILES string of the molecule is CC(C)(C)c1cn(CC2CCCCN2)nn1. The first-order valence-electron chi connectivity index (χ1n) is 6.20. The highest BCUT2D eigenvalue weighted by Gasteiger charge is 2.19. The van der Waals surface area contributed by atoms with Gasteiger partial charge >= 0.3 is 0 Å². The molecular formula is C12H22N4. The van der Waals surface area contributed by atoms with Crippen LogP contribution in [-0.4, -0.2) is 27.6 Å². The van der Waals surface area contributed by atoms with E-state index in [1.165, 1.54) is 19.3 Å². The fourth-order valence-corrected chi connectivity index (χ4v) is 2.04. The number of rotatable bonds is 2. The normalized spacial score (nSPS) is 22.3. The van der Waals surface area contributed by atoms with Crippen LogP contribution in [0, 0.1) is 0 Å². The lowest BCUT2D eigenvalue weighted by Crippen LogP contribution is -2.37. The molecular weight excluding hydrogens is 200 g/mol. The van der Waals surface area contributed by atoms with E-state index in [-0.39, 0.29) is 5.41 Å². The number of aromatic nitrogens is 3. The topological polar surface area (TPSA) is 42.7 Å². The van der Waals surface area contributed by atoms with E-state index >= 15 is 0 Å². The highest BCUT2D eigenvalue weighted by Crippen LogP contribution is 2.19. The molecule has 0 saturated carbocycles. The van der Waals surface area contributed by atoms with E-state index in [0.29, 0.717) is 6.04 Å². The lowest BCUT2D eigenvalue weighted by molar-refractivity contribution is 0.348. The summed E-state index contributed by atoms with van der Waals surface area (Å²) in [5.41, 5.74) is 1.17. The third-order valence-corrected chi connectivity index (χ3v) is 3.13. The summed E-state index contributed by atoms with van der Waals surface area (Å²) in [5, 5.41) is 12.0. The zero-order valence-electron chi connectivity index (χ0n) is 10.5. The van der Waals surface area contributed by atoms with Crippen molar-refractivity contribution in [2.24, 2.45) is 0 Å². The summed E-state index contributed by atoms with van der Waals surface area (Å²) in [4.78, 5) is 0. The van der Waals surface area contributed by atoms with Crippen molar-refractivity contribution in [1.82, 2.24) is 20.3 Å². The summed E-state index contributed by atoms with van der Waals surface area (Å²) < 4.78 is 1.98. The Hall–Kier alpha value is -0.900. The first-order chi connectivity index (χ1) is 7.55. The van der Waals surface area contributed by atoms with E-state index in [2.05, 4.69) is 42.6 Å². The summed E-state index contributed by atoms with van der Waals surface area (Å²) in [5.74, 6) is 0. The van der Waals surface area contributed by atoms with Crippen LogP contribution in [0.1, 0.15) is 45.7 Å². The van der Waals surface area contributed by atoms with Crippen molar-refractivity contribution < 1.29 is 0 Å². The molecule has 0 aromatic carbocycles. The van der Waals surface area contributed by atoms with E-state index in [9.17, 15) is 0 Å². The number of hydrogen-bond acceptors (Lipinski definition) is 3. The summed E-state index contributed by atoms with van der Waals surface area (Å²) in [7, 11) is 0. The minimum atomic E-state index is 0.0955. The van der Waals surface area contributed by atoms with Gasteiger partial charge in [0.25, 0.3) is 0 Å². The molecule has 16 heavy (non-hydrogen) atoms. The molecule has 4 heteroatoms. The molecule has 2 heterocycles. The molecule has 1 saturated heterocycles. The van der Waals surface area contributed by atoms with Crippen LogP contribution in [0.3, 0.4) is 0 Å². The Labute approximate surface area is 97.4 Å². The standard InChI is InChI=1S/C12H22N4/c1-12(2,3)11-9-16(15-14-11)8-10-6-4-5-7-13-10/h9-10,13H,4-8H2,1-3H3. The number of piperidine rings is 1. The highest BCUT2D eigenvalue weighted by molar-refractivity contribution is 5.06. The van der Waals surface area contributed by atoms with Crippen LogP contribution in [0.4, 0.5) is 0 Å². The highest BCUT2D eigenvalue weighted by atomic mass is 15.4. The molecule has 1 unspecified atom stereocenters. The van der Waals surface area contributed by atoms with Crippen molar-refractivity contribution >= 4 is 0 Å². The maximum absolute atomic E-state index is 4.24. The Bertz CT molecular complexity index is 331. The third kappa shape index (κ3) is 2.82. The van der Waals surface area contributed by atoms with Crippen molar-refractivity contribution in [2.75, 3.05) is 6.54 Å². The molecule has 1 aromatic heterocycles. The fourth-order valence-electron chi connectivity index (χ4n) is 2.04. The Kier molecular flexibility index (Phi) is 3.28. The van der Waals surface area contributed by atoms with Crippen LogP contribution in [0.15, 0.2) is 6.20 Å². The van der Waals surface area contributed by atoms with Crippen LogP contribution < -0.4 is 5.32 Å². The zero-order chi connectivity index (χ0) is 11.6. The molecule has 2 rings (SSSR count). The van der Waals surface area contributed by atoms with E-state index in [1.54, 1.807) is 0 Å². The lowest BCUT2D eigenvalue weighted by Gasteiger charge is -2.22. The second kappa shape index (κ2) is 4.53. The molecule has 0 radical (unpaired) electrons. The van der Waals surface area contributed by atoms with Crippen molar-refractivity contribution in [2.45, 2.75) is 58.0 Å². The summed E-state index contributed by atoms with van der Waals surface area (Å²) in [6, 6.07) is 0.572. The average molecular weight is 222 g/mol. The van der Waals surface area contributed by atoms with E-state index in [4.69, 9.17) is 0 Å². The lowest BCUT2D eigenvalue weighted by atomic mass is 9.93. The number of nitrogens with zero attached hydrogens (tertiary/aromatic N) is 3. The number of nitrogens with one attached hydrogen (secondary N) is 1. The molecule has 1 aliphatic heterocycles. The Morgan fingerprint density at radius 1 is 1.44 bits per heavy atom. The van der Waals surface area contributed by atoms with Crippen LogP contribution in [0.5, 0.6) is 0 Å². The quantitative estimate of drug-likeness (QED) is 0.828. The largest absolute Gasteiger partial charge is 0.312 e. The summed E-state index contributed by atoms with van der Waals surface area (Å²) >= 11 is 0. The molecule has 0 aliphatic carbocycles. The second-order valence-corrected chi connectivity index (χ2v) is 5.72. The van der Waals surface area contributed by atoms with Crippen molar-refractivity contribution in [3.8, 4) is 0 Å². The van der Waals surface area contributed by atoms with Gasteiger partial charge in [-0.05, 0) is 19.4 Å². The van der Waals surface area contributed by atoms with E-state index < -0.39 is 0 Å². The Morgan fingerprint density at radius 2 is 2.25 bits per heavy atom. The minimum absolute atomic E-state index is 0.0955. The molecule has 1 aromatic rings. The zero-order valence-corrected chi connectivity index (χ0v) is 10.5. The monoisotopic (exact) mass is 222 g/mol. The smallest absolute Gasteiger partial charge is 0.0880 e. The van der Waals surface area contributed by atoms with Gasteiger partial charge in [0.2, 0.25) is 0 Å². The van der Waals surface area contributed by atoms with Gasteiger partial charge in [0.15, 0.2) is 0 Å². The third-order valence-electron chi connectivity index (χ3n) is 3.13. The van der Waals surface area contributed by atoms with Gasteiger partial charge in [-0.2, -0.15) is 0 Å². The van der Waals surface area contributed by atoms with Gasteiger partial charge in [-0.15, -0.1) is 5.10 Å². The van der Waals surface area contributed by atoms with Gasteiger partial charge in [-0.1, -0.05) is 32.4 Å². The van der Waals surface area contributed by atoms with Crippen molar-refractivity contribution in [3.05, 3.63) is 11.9 Å². The predicted octanol–water partition coefficient (Wildman–Crippen LogP) is 1.72. The maximum Gasteiger partial charge on any atom is 0.0880 e. The molecule has 1 fully saturated rings. The predicted molar refractivity (Wildman–Crippen MR) is 64.4 cm³/mol. The molecule has 1 aliphatic rings. The molecule has 0 spiro atoms. The second-order valence-electron chi connectivity index (χ2n) is 5.72. The van der Waals surface area contributed by atoms with Gasteiger partial charge in [-0.25, -0.2) is 0 Å². The van der Waals surface area contributed by atoms with E-state index in [1.807, 2.05) is 4.68 Å². The van der Waals surface area contributed by atoms with Gasteiger partial charge < -0.3 is 5.32 Å². The van der Waals surface area contributed by atoms with Gasteiger partial charge in [0, 0.05) is 17.7 Å². The van der Waals surface area contributed by atoms with E-state index in [0.717, 1.165) is 18.8 Å². The number of hydrogen-bond donors (Lipinski definition) is 1. The molecule has 90 valence electrons. The van der Waals surface area contributed by atoms with Crippen LogP contribution in [0.25, 0.3) is 0 Å². The average Bonchev–Trinajstić information content (AvgIpc) is 2.67. The molecule has 0 amide bonds. The first-order valence-corrected chi connectivity index (χ1v) is 6.20. The summed E-state index contributed by atoms with van der Waals surface area (Å²) in [6.45, 7) is 8.59. The summed E-state index contributed by atoms with van der Waals surface area (Å²) in [6.07, 6.45) is 5.97. The van der Waals surface area contributed by atoms with Crippen LogP contribution in [-0.2, 0) is 12.0 Å². The van der Waals surface area contributed by atoms with Gasteiger partial charge in [0.1, 0.15) is 0 Å². The molecule has 1 atom stereocenters. The molecule has 0 bridgehead atoms. The van der Waals surface area contributed by atoms with Crippen molar-refractivity contribution in [3.63, 3.8) is 0 Å². The van der Waals surface area contributed by atoms with Gasteiger partial charge in [0.05, 0.1) is 12.2 Å². The van der Waals surface area contributed by atoms with Gasteiger partial charge in [-0.3, -0.25) is 4.68 Å². The van der Waals surface area contributed by atoms with Crippen LogP contribution >= 0.6 is 0 Å².